The van der Waals surface area contributed by atoms with Crippen LogP contribution in [0, 0.1) is 6.92 Å². The Kier molecular flexibility index (Phi) is 6.36. The molecular formula is C18H21N5O2S2. The first kappa shape index (κ1) is 19.2. The number of thiophene rings is 1. The molecule has 0 saturated heterocycles. The summed E-state index contributed by atoms with van der Waals surface area (Å²) in [5, 5.41) is 10.5. The normalized spacial score (nSPS) is 10.8. The lowest BCUT2D eigenvalue weighted by Gasteiger charge is -2.12. The van der Waals surface area contributed by atoms with Crippen molar-refractivity contribution in [2.24, 2.45) is 0 Å². The van der Waals surface area contributed by atoms with Crippen molar-refractivity contribution in [3.05, 3.63) is 45.2 Å². The highest BCUT2D eigenvalue weighted by molar-refractivity contribution is 7.14. The van der Waals surface area contributed by atoms with Gasteiger partial charge in [-0.05, 0) is 38.6 Å². The second kappa shape index (κ2) is 8.92. The number of ether oxygens (including phenoxy) is 1. The van der Waals surface area contributed by atoms with E-state index in [1.807, 2.05) is 32.2 Å². The van der Waals surface area contributed by atoms with Gasteiger partial charge in [-0.1, -0.05) is 6.07 Å². The van der Waals surface area contributed by atoms with E-state index < -0.39 is 0 Å². The van der Waals surface area contributed by atoms with Gasteiger partial charge in [-0.2, -0.15) is 9.97 Å². The van der Waals surface area contributed by atoms with Crippen molar-refractivity contribution in [3.63, 3.8) is 0 Å². The lowest BCUT2D eigenvalue weighted by molar-refractivity contribution is 0.101. The molecule has 2 N–H and O–H groups in total. The number of carbonyl (C=O) groups is 1. The van der Waals surface area contributed by atoms with Crippen molar-refractivity contribution in [1.82, 2.24) is 15.0 Å². The maximum atomic E-state index is 12.6. The van der Waals surface area contributed by atoms with E-state index in [1.54, 1.807) is 17.4 Å². The van der Waals surface area contributed by atoms with Crippen LogP contribution in [-0.4, -0.2) is 33.5 Å². The van der Waals surface area contributed by atoms with Gasteiger partial charge in [0.2, 0.25) is 0 Å². The molecule has 0 aliphatic rings. The van der Waals surface area contributed by atoms with Crippen molar-refractivity contribution < 1.29 is 9.53 Å². The van der Waals surface area contributed by atoms with Gasteiger partial charge in [0.1, 0.15) is 11.5 Å². The molecule has 3 aromatic rings. The summed E-state index contributed by atoms with van der Waals surface area (Å²) in [5.74, 6) is 0.208. The van der Waals surface area contributed by atoms with Crippen LogP contribution in [0.1, 0.15) is 34.9 Å². The Morgan fingerprint density at radius 3 is 2.78 bits per heavy atom. The van der Waals surface area contributed by atoms with Gasteiger partial charge in [-0.25, -0.2) is 4.98 Å². The molecule has 1 amide bonds. The predicted octanol–water partition coefficient (Wildman–Crippen LogP) is 4.00. The zero-order valence-corrected chi connectivity index (χ0v) is 17.0. The molecule has 0 atom stereocenters. The van der Waals surface area contributed by atoms with E-state index in [9.17, 15) is 4.79 Å². The molecule has 0 fully saturated rings. The van der Waals surface area contributed by atoms with Crippen LogP contribution in [0.5, 0.6) is 6.01 Å². The number of aryl methyl sites for hydroxylation is 1. The van der Waals surface area contributed by atoms with E-state index >= 15 is 0 Å². The first-order valence-electron chi connectivity index (χ1n) is 8.55. The minimum Gasteiger partial charge on any atom is -0.461 e. The van der Waals surface area contributed by atoms with Gasteiger partial charge >= 0.3 is 6.01 Å². The van der Waals surface area contributed by atoms with Gasteiger partial charge in [0.05, 0.1) is 11.8 Å². The van der Waals surface area contributed by atoms with Crippen LogP contribution in [0.2, 0.25) is 0 Å². The van der Waals surface area contributed by atoms with Crippen molar-refractivity contribution >= 4 is 39.5 Å². The Balaban J connectivity index is 1.73. The molecule has 0 aliphatic heterocycles. The maximum absolute atomic E-state index is 12.6. The number of aromatic nitrogens is 3. The summed E-state index contributed by atoms with van der Waals surface area (Å²) < 4.78 is 5.60. The summed E-state index contributed by atoms with van der Waals surface area (Å²) in [6.07, 6.45) is 0.783. The monoisotopic (exact) mass is 403 g/mol. The van der Waals surface area contributed by atoms with Crippen LogP contribution in [-0.2, 0) is 6.42 Å². The van der Waals surface area contributed by atoms with Crippen LogP contribution in [0.4, 0.5) is 10.9 Å². The maximum Gasteiger partial charge on any atom is 0.319 e. The summed E-state index contributed by atoms with van der Waals surface area (Å²) in [6.45, 7) is 6.35. The third-order valence-electron chi connectivity index (χ3n) is 3.38. The second-order valence-electron chi connectivity index (χ2n) is 6.09. The van der Waals surface area contributed by atoms with Gasteiger partial charge < -0.3 is 10.1 Å². The molecule has 142 valence electrons. The molecule has 0 spiro atoms. The Labute approximate surface area is 165 Å². The van der Waals surface area contributed by atoms with Crippen LogP contribution >= 0.6 is 22.7 Å². The number of hydrogen-bond donors (Lipinski definition) is 2. The quantitative estimate of drug-likeness (QED) is 0.591. The summed E-state index contributed by atoms with van der Waals surface area (Å²) in [5.41, 5.74) is 1.09. The first-order valence-corrected chi connectivity index (χ1v) is 10.3. The fraction of sp³-hybridized carbons (Fsp3) is 0.333. The molecular weight excluding hydrogens is 382 g/mol. The highest BCUT2D eigenvalue weighted by atomic mass is 32.1. The van der Waals surface area contributed by atoms with E-state index in [0.29, 0.717) is 17.5 Å². The predicted molar refractivity (Wildman–Crippen MR) is 109 cm³/mol. The van der Waals surface area contributed by atoms with Crippen molar-refractivity contribution in [2.75, 3.05) is 17.2 Å². The molecule has 3 rings (SSSR count). The molecule has 0 aliphatic carbocycles. The summed E-state index contributed by atoms with van der Waals surface area (Å²) in [7, 11) is 0. The number of thiazole rings is 1. The largest absolute Gasteiger partial charge is 0.461 e. The summed E-state index contributed by atoms with van der Waals surface area (Å²) in [4.78, 5) is 26.7. The minimum atomic E-state index is -0.346. The van der Waals surface area contributed by atoms with E-state index in [1.165, 1.54) is 16.2 Å². The number of nitrogens with zero attached hydrogens (tertiary/aromatic N) is 3. The molecule has 3 aromatic heterocycles. The second-order valence-corrected chi connectivity index (χ2v) is 7.98. The standard InChI is InChI=1S/C18H21N5O2S2/c1-11(2)25-17-21-14(16(24)23-18-20-12(3)10-27-18)9-15(22-17)19-7-6-13-5-4-8-26-13/h4-5,8-11H,6-7H2,1-3H3,(H,19,21,22)(H,20,23,24). The summed E-state index contributed by atoms with van der Waals surface area (Å²) >= 11 is 3.09. The van der Waals surface area contributed by atoms with Gasteiger partial charge in [-0.15, -0.1) is 22.7 Å². The number of amides is 1. The fourth-order valence-electron chi connectivity index (χ4n) is 2.24. The molecule has 0 unspecified atom stereocenters. The molecule has 0 radical (unpaired) electrons. The highest BCUT2D eigenvalue weighted by Gasteiger charge is 2.15. The average Bonchev–Trinajstić information content (AvgIpc) is 3.26. The van der Waals surface area contributed by atoms with E-state index in [-0.39, 0.29) is 23.7 Å². The SMILES string of the molecule is Cc1csc(NC(=O)c2cc(NCCc3cccs3)nc(OC(C)C)n2)n1. The van der Waals surface area contributed by atoms with Crippen LogP contribution in [0.25, 0.3) is 0 Å². The summed E-state index contributed by atoms with van der Waals surface area (Å²) in [6, 6.07) is 5.92. The molecule has 9 heteroatoms. The third kappa shape index (κ3) is 5.73. The fourth-order valence-corrected chi connectivity index (χ4v) is 3.63. The molecule has 0 bridgehead atoms. The van der Waals surface area contributed by atoms with E-state index in [0.717, 1.165) is 12.1 Å². The lowest BCUT2D eigenvalue weighted by atomic mass is 10.3. The van der Waals surface area contributed by atoms with Crippen molar-refractivity contribution in [3.8, 4) is 6.01 Å². The molecule has 3 heterocycles. The van der Waals surface area contributed by atoms with Gasteiger partial charge in [0.25, 0.3) is 5.91 Å². The Morgan fingerprint density at radius 1 is 1.26 bits per heavy atom. The topological polar surface area (TPSA) is 89.0 Å². The van der Waals surface area contributed by atoms with Crippen LogP contribution < -0.4 is 15.4 Å². The van der Waals surface area contributed by atoms with E-state index in [4.69, 9.17) is 4.74 Å². The minimum absolute atomic E-state index is 0.0936. The molecule has 0 aromatic carbocycles. The van der Waals surface area contributed by atoms with Crippen LogP contribution in [0.15, 0.2) is 29.0 Å². The van der Waals surface area contributed by atoms with Gasteiger partial charge in [0, 0.05) is 22.9 Å². The van der Waals surface area contributed by atoms with Crippen LogP contribution in [0.3, 0.4) is 0 Å². The average molecular weight is 404 g/mol. The number of nitrogens with one attached hydrogen (secondary N) is 2. The van der Waals surface area contributed by atoms with Crippen molar-refractivity contribution in [2.45, 2.75) is 33.3 Å². The number of anilines is 2. The molecule has 7 nitrogen and oxygen atoms in total. The molecule has 0 saturated carbocycles. The van der Waals surface area contributed by atoms with Crippen molar-refractivity contribution in [1.29, 1.82) is 0 Å². The lowest BCUT2D eigenvalue weighted by Crippen LogP contribution is -2.17. The Hall–Kier alpha value is -2.52. The van der Waals surface area contributed by atoms with Gasteiger partial charge in [-0.3, -0.25) is 10.1 Å². The Bertz CT molecular complexity index is 893. The Morgan fingerprint density at radius 2 is 2.11 bits per heavy atom. The third-order valence-corrected chi connectivity index (χ3v) is 5.19. The zero-order chi connectivity index (χ0) is 19.2. The smallest absolute Gasteiger partial charge is 0.319 e. The number of hydrogen-bond acceptors (Lipinski definition) is 8. The van der Waals surface area contributed by atoms with Gasteiger partial charge in [0.15, 0.2) is 5.13 Å². The number of rotatable bonds is 8. The molecule has 27 heavy (non-hydrogen) atoms. The number of carbonyl (C=O) groups excluding carboxylic acids is 1. The van der Waals surface area contributed by atoms with E-state index in [2.05, 4.69) is 37.0 Å². The first-order chi connectivity index (χ1) is 13.0. The highest BCUT2D eigenvalue weighted by Crippen LogP contribution is 2.18. The zero-order valence-electron chi connectivity index (χ0n) is 15.4.